The van der Waals surface area contributed by atoms with Gasteiger partial charge in [-0.25, -0.2) is 8.42 Å². The zero-order valence-electron chi connectivity index (χ0n) is 15.3. The molecular formula is C17H25N3O5S. The lowest BCUT2D eigenvalue weighted by atomic mass is 10.2. The molecule has 0 saturated heterocycles. The number of carbonyl (C=O) groups excluding carboxylic acids is 2. The Bertz CT molecular complexity index is 775. The number of rotatable bonds is 8. The van der Waals surface area contributed by atoms with E-state index in [0.717, 1.165) is 6.42 Å². The third-order valence-electron chi connectivity index (χ3n) is 4.09. The Kier molecular flexibility index (Phi) is 6.60. The number of benzene rings is 1. The summed E-state index contributed by atoms with van der Waals surface area (Å²) in [6, 6.07) is 4.37. The molecule has 0 atom stereocenters. The molecule has 1 aromatic rings. The lowest BCUT2D eigenvalue weighted by molar-refractivity contribution is -0.125. The number of hydrogen-bond acceptors (Lipinski definition) is 5. The van der Waals surface area contributed by atoms with E-state index in [1.54, 1.807) is 13.8 Å². The minimum Gasteiger partial charge on any atom is -0.482 e. The highest BCUT2D eigenvalue weighted by molar-refractivity contribution is 7.89. The zero-order valence-corrected chi connectivity index (χ0v) is 16.1. The lowest BCUT2D eigenvalue weighted by Crippen LogP contribution is -2.45. The van der Waals surface area contributed by atoms with Crippen molar-refractivity contribution >= 4 is 27.5 Å². The van der Waals surface area contributed by atoms with Gasteiger partial charge in [0.1, 0.15) is 12.3 Å². The molecule has 0 aliphatic carbocycles. The van der Waals surface area contributed by atoms with E-state index in [2.05, 4.69) is 5.32 Å². The fourth-order valence-corrected chi connectivity index (χ4v) is 4.17. The number of fused-ring (bicyclic) bond motifs is 1. The minimum atomic E-state index is -3.68. The molecule has 2 amide bonds. The highest BCUT2D eigenvalue weighted by Crippen LogP contribution is 2.34. The summed E-state index contributed by atoms with van der Waals surface area (Å²) in [6.07, 6.45) is 0.783. The predicted octanol–water partition coefficient (Wildman–Crippen LogP) is 0.969. The van der Waals surface area contributed by atoms with Gasteiger partial charge in [-0.15, -0.1) is 0 Å². The molecule has 0 spiro atoms. The quantitative estimate of drug-likeness (QED) is 0.722. The van der Waals surface area contributed by atoms with Crippen molar-refractivity contribution in [1.82, 2.24) is 9.62 Å². The van der Waals surface area contributed by atoms with Crippen molar-refractivity contribution < 1.29 is 22.7 Å². The fourth-order valence-electron chi connectivity index (χ4n) is 2.69. The third-order valence-corrected chi connectivity index (χ3v) is 6.14. The van der Waals surface area contributed by atoms with Crippen LogP contribution in [0.1, 0.15) is 27.2 Å². The number of carbonyl (C=O) groups is 2. The van der Waals surface area contributed by atoms with Crippen LogP contribution in [0.3, 0.4) is 0 Å². The van der Waals surface area contributed by atoms with Gasteiger partial charge < -0.3 is 10.1 Å². The fraction of sp³-hybridized carbons (Fsp3) is 0.529. The van der Waals surface area contributed by atoms with E-state index in [-0.39, 0.29) is 29.9 Å². The van der Waals surface area contributed by atoms with Crippen molar-refractivity contribution in [1.29, 1.82) is 0 Å². The van der Waals surface area contributed by atoms with Crippen molar-refractivity contribution in [2.75, 3.05) is 37.7 Å². The van der Waals surface area contributed by atoms with Crippen LogP contribution in [-0.2, 0) is 19.6 Å². The standard InChI is InChI=1S/C17H25N3O5S/c1-4-9-18-16(21)11-20-14-10-13(26(23,24)19(5-2)6-3)7-8-15(14)25-12-17(20)22/h7-8,10H,4-6,9,11-12H2,1-3H3,(H,18,21). The first-order chi connectivity index (χ1) is 12.3. The SMILES string of the molecule is CCCNC(=O)CN1C(=O)COc2ccc(S(=O)(=O)N(CC)CC)cc21. The second-order valence-electron chi connectivity index (χ2n) is 5.84. The second-order valence-corrected chi connectivity index (χ2v) is 7.78. The Balaban J connectivity index is 2.38. The summed E-state index contributed by atoms with van der Waals surface area (Å²) in [5.74, 6) is -0.307. The average molecular weight is 383 g/mol. The van der Waals surface area contributed by atoms with Gasteiger partial charge in [-0.05, 0) is 24.6 Å². The van der Waals surface area contributed by atoms with E-state index < -0.39 is 10.0 Å². The Labute approximate surface area is 154 Å². The molecule has 0 unspecified atom stereocenters. The summed E-state index contributed by atoms with van der Waals surface area (Å²) >= 11 is 0. The number of nitrogens with one attached hydrogen (secondary N) is 1. The van der Waals surface area contributed by atoms with Gasteiger partial charge in [0.05, 0.1) is 10.6 Å². The molecule has 1 aliphatic heterocycles. The molecule has 1 aliphatic rings. The van der Waals surface area contributed by atoms with Crippen LogP contribution in [-0.4, -0.2) is 57.3 Å². The van der Waals surface area contributed by atoms with Crippen LogP contribution >= 0.6 is 0 Å². The highest BCUT2D eigenvalue weighted by atomic mass is 32.2. The van der Waals surface area contributed by atoms with Gasteiger partial charge in [0.2, 0.25) is 15.9 Å². The van der Waals surface area contributed by atoms with E-state index in [4.69, 9.17) is 4.74 Å². The monoisotopic (exact) mass is 383 g/mol. The molecule has 0 radical (unpaired) electrons. The largest absolute Gasteiger partial charge is 0.482 e. The molecule has 1 N–H and O–H groups in total. The van der Waals surface area contributed by atoms with Gasteiger partial charge >= 0.3 is 0 Å². The van der Waals surface area contributed by atoms with E-state index in [1.807, 2.05) is 6.92 Å². The van der Waals surface area contributed by atoms with Crippen molar-refractivity contribution in [3.63, 3.8) is 0 Å². The van der Waals surface area contributed by atoms with Crippen LogP contribution in [0.2, 0.25) is 0 Å². The Morgan fingerprint density at radius 1 is 1.27 bits per heavy atom. The van der Waals surface area contributed by atoms with Gasteiger partial charge in [0.25, 0.3) is 5.91 Å². The summed E-state index contributed by atoms with van der Waals surface area (Å²) in [4.78, 5) is 25.6. The molecule has 144 valence electrons. The number of ether oxygens (including phenoxy) is 1. The Morgan fingerprint density at radius 2 is 1.96 bits per heavy atom. The summed E-state index contributed by atoms with van der Waals surface area (Å²) in [5, 5.41) is 2.71. The first-order valence-corrected chi connectivity index (χ1v) is 10.1. The van der Waals surface area contributed by atoms with Gasteiger partial charge in [0, 0.05) is 19.6 Å². The molecule has 1 aromatic carbocycles. The number of amides is 2. The van der Waals surface area contributed by atoms with E-state index >= 15 is 0 Å². The number of nitrogens with zero attached hydrogens (tertiary/aromatic N) is 2. The number of anilines is 1. The van der Waals surface area contributed by atoms with Crippen LogP contribution in [0.4, 0.5) is 5.69 Å². The summed E-state index contributed by atoms with van der Waals surface area (Å²) < 4.78 is 32.2. The molecule has 0 bridgehead atoms. The topological polar surface area (TPSA) is 96.0 Å². The average Bonchev–Trinajstić information content (AvgIpc) is 2.62. The van der Waals surface area contributed by atoms with Crippen molar-refractivity contribution in [3.8, 4) is 5.75 Å². The normalized spacial score (nSPS) is 14.2. The minimum absolute atomic E-state index is 0.0669. The zero-order chi connectivity index (χ0) is 19.3. The molecule has 1 heterocycles. The van der Waals surface area contributed by atoms with Crippen molar-refractivity contribution in [2.24, 2.45) is 0 Å². The molecule has 2 rings (SSSR count). The number of hydrogen-bond donors (Lipinski definition) is 1. The first kappa shape index (κ1) is 20.2. The van der Waals surface area contributed by atoms with Crippen LogP contribution in [0, 0.1) is 0 Å². The molecular weight excluding hydrogens is 358 g/mol. The maximum atomic E-state index is 12.7. The summed E-state index contributed by atoms with van der Waals surface area (Å²) in [5.41, 5.74) is 0.293. The van der Waals surface area contributed by atoms with Gasteiger partial charge in [-0.1, -0.05) is 20.8 Å². The Hall–Kier alpha value is -2.13. The first-order valence-electron chi connectivity index (χ1n) is 8.69. The highest BCUT2D eigenvalue weighted by Gasteiger charge is 2.30. The lowest BCUT2D eigenvalue weighted by Gasteiger charge is -2.29. The summed E-state index contributed by atoms with van der Waals surface area (Å²) in [6.45, 7) is 6.29. The van der Waals surface area contributed by atoms with Crippen LogP contribution in [0.25, 0.3) is 0 Å². The van der Waals surface area contributed by atoms with Crippen molar-refractivity contribution in [3.05, 3.63) is 18.2 Å². The van der Waals surface area contributed by atoms with Crippen LogP contribution < -0.4 is 15.0 Å². The third kappa shape index (κ3) is 4.16. The molecule has 26 heavy (non-hydrogen) atoms. The van der Waals surface area contributed by atoms with Gasteiger partial charge in [-0.2, -0.15) is 4.31 Å². The van der Waals surface area contributed by atoms with Gasteiger partial charge in [-0.3, -0.25) is 14.5 Å². The smallest absolute Gasteiger partial charge is 0.265 e. The molecule has 9 heteroatoms. The van der Waals surface area contributed by atoms with Crippen LogP contribution in [0.5, 0.6) is 5.75 Å². The van der Waals surface area contributed by atoms with Crippen molar-refractivity contribution in [2.45, 2.75) is 32.1 Å². The maximum absolute atomic E-state index is 12.7. The summed E-state index contributed by atoms with van der Waals surface area (Å²) in [7, 11) is -3.68. The molecule has 0 saturated carbocycles. The predicted molar refractivity (Wildman–Crippen MR) is 97.7 cm³/mol. The second kappa shape index (κ2) is 8.50. The van der Waals surface area contributed by atoms with E-state index in [1.165, 1.54) is 27.4 Å². The number of sulfonamides is 1. The molecule has 0 fully saturated rings. The maximum Gasteiger partial charge on any atom is 0.265 e. The Morgan fingerprint density at radius 3 is 2.58 bits per heavy atom. The molecule has 8 nitrogen and oxygen atoms in total. The van der Waals surface area contributed by atoms with E-state index in [0.29, 0.717) is 31.1 Å². The van der Waals surface area contributed by atoms with E-state index in [9.17, 15) is 18.0 Å². The molecule has 0 aromatic heterocycles. The van der Waals surface area contributed by atoms with Crippen LogP contribution in [0.15, 0.2) is 23.1 Å². The van der Waals surface area contributed by atoms with Gasteiger partial charge in [0.15, 0.2) is 6.61 Å².